The van der Waals surface area contributed by atoms with Gasteiger partial charge in [0.05, 0.1) is 12.6 Å². The van der Waals surface area contributed by atoms with Crippen molar-refractivity contribution in [3.8, 4) is 0 Å². The molecular formula is C14H19BrN2O3. The lowest BCUT2D eigenvalue weighted by atomic mass is 10.2. The minimum Gasteiger partial charge on any atom is -0.391 e. The van der Waals surface area contributed by atoms with E-state index in [2.05, 4.69) is 26.6 Å². The van der Waals surface area contributed by atoms with Crippen LogP contribution in [-0.2, 0) is 4.79 Å². The molecule has 0 fully saturated rings. The molecule has 0 bridgehead atoms. The molecule has 20 heavy (non-hydrogen) atoms. The zero-order chi connectivity index (χ0) is 15.0. The van der Waals surface area contributed by atoms with Gasteiger partial charge in [-0.25, -0.2) is 0 Å². The van der Waals surface area contributed by atoms with Crippen molar-refractivity contribution in [2.45, 2.75) is 25.9 Å². The lowest BCUT2D eigenvalue weighted by molar-refractivity contribution is -0.120. The molecule has 0 aliphatic rings. The van der Waals surface area contributed by atoms with Crippen molar-refractivity contribution in [2.75, 3.05) is 13.1 Å². The van der Waals surface area contributed by atoms with E-state index in [0.717, 1.165) is 10.9 Å². The molecule has 1 aromatic carbocycles. The average molecular weight is 343 g/mol. The third-order valence-corrected chi connectivity index (χ3v) is 3.20. The number of aliphatic hydroxyl groups excluding tert-OH is 1. The van der Waals surface area contributed by atoms with Gasteiger partial charge >= 0.3 is 0 Å². The number of hydrogen-bond acceptors (Lipinski definition) is 3. The molecule has 1 unspecified atom stereocenters. The van der Waals surface area contributed by atoms with Crippen LogP contribution >= 0.6 is 15.9 Å². The molecule has 0 aliphatic carbocycles. The number of nitrogens with one attached hydrogen (secondary N) is 2. The summed E-state index contributed by atoms with van der Waals surface area (Å²) in [4.78, 5) is 23.2. The first-order valence-corrected chi connectivity index (χ1v) is 7.30. The van der Waals surface area contributed by atoms with E-state index in [1.807, 2.05) is 6.92 Å². The van der Waals surface area contributed by atoms with E-state index in [9.17, 15) is 14.7 Å². The Balaban J connectivity index is 2.30. The molecular weight excluding hydrogens is 324 g/mol. The van der Waals surface area contributed by atoms with Crippen molar-refractivity contribution in [1.82, 2.24) is 10.6 Å². The summed E-state index contributed by atoms with van der Waals surface area (Å²) >= 11 is 3.28. The van der Waals surface area contributed by atoms with Crippen LogP contribution in [0.2, 0.25) is 0 Å². The Bertz CT molecular complexity index is 448. The molecule has 0 aliphatic heterocycles. The van der Waals surface area contributed by atoms with Crippen molar-refractivity contribution in [3.05, 3.63) is 34.3 Å². The summed E-state index contributed by atoms with van der Waals surface area (Å²) in [5, 5.41) is 14.6. The van der Waals surface area contributed by atoms with Crippen LogP contribution in [0.25, 0.3) is 0 Å². The number of rotatable bonds is 7. The number of aliphatic hydroxyl groups is 1. The molecule has 0 saturated carbocycles. The fraction of sp³-hybridized carbons (Fsp3) is 0.429. The maximum absolute atomic E-state index is 11.7. The summed E-state index contributed by atoms with van der Waals surface area (Å²) in [6.45, 7) is 2.07. The average Bonchev–Trinajstić information content (AvgIpc) is 2.43. The van der Waals surface area contributed by atoms with Crippen molar-refractivity contribution < 1.29 is 14.7 Å². The molecule has 0 heterocycles. The van der Waals surface area contributed by atoms with Crippen molar-refractivity contribution in [1.29, 1.82) is 0 Å². The number of carbonyl (C=O) groups is 2. The summed E-state index contributed by atoms with van der Waals surface area (Å²) < 4.78 is 0.886. The first-order valence-electron chi connectivity index (χ1n) is 6.51. The van der Waals surface area contributed by atoms with Crippen molar-refractivity contribution in [2.24, 2.45) is 0 Å². The van der Waals surface area contributed by atoms with E-state index in [4.69, 9.17) is 0 Å². The topological polar surface area (TPSA) is 78.4 Å². The second-order valence-electron chi connectivity index (χ2n) is 4.44. The molecule has 0 spiro atoms. The first-order chi connectivity index (χ1) is 9.52. The quantitative estimate of drug-likeness (QED) is 0.701. The van der Waals surface area contributed by atoms with Crippen molar-refractivity contribution in [3.63, 3.8) is 0 Å². The molecule has 110 valence electrons. The molecule has 2 amide bonds. The van der Waals surface area contributed by atoms with E-state index >= 15 is 0 Å². The van der Waals surface area contributed by atoms with Crippen LogP contribution in [-0.4, -0.2) is 36.1 Å². The minimum absolute atomic E-state index is 0.103. The van der Waals surface area contributed by atoms with Gasteiger partial charge in [-0.05, 0) is 30.7 Å². The number of halogens is 1. The van der Waals surface area contributed by atoms with Gasteiger partial charge in [-0.3, -0.25) is 9.59 Å². The van der Waals surface area contributed by atoms with Gasteiger partial charge in [0.25, 0.3) is 5.91 Å². The highest BCUT2D eigenvalue weighted by Gasteiger charge is 2.09. The Hall–Kier alpha value is -1.40. The second-order valence-corrected chi connectivity index (χ2v) is 5.35. The normalized spacial score (nSPS) is 11.8. The van der Waals surface area contributed by atoms with Gasteiger partial charge in [-0.1, -0.05) is 29.3 Å². The highest BCUT2D eigenvalue weighted by atomic mass is 79.9. The molecule has 0 saturated heterocycles. The standard InChI is InChI=1S/C14H19BrN2O3/c1-2-3-12(18)8-16-13(19)9-17-14(20)10-4-6-11(15)7-5-10/h4-7,12,18H,2-3,8-9H2,1H3,(H,16,19)(H,17,20). The second kappa shape index (κ2) is 8.71. The predicted molar refractivity (Wildman–Crippen MR) is 80.4 cm³/mol. The largest absolute Gasteiger partial charge is 0.391 e. The van der Waals surface area contributed by atoms with Gasteiger partial charge in [0.1, 0.15) is 0 Å². The Kier molecular flexibility index (Phi) is 7.25. The Morgan fingerprint density at radius 2 is 1.90 bits per heavy atom. The molecule has 3 N–H and O–H groups in total. The van der Waals surface area contributed by atoms with Gasteiger partial charge in [0.2, 0.25) is 5.91 Å². The molecule has 1 aromatic rings. The molecule has 1 rings (SSSR count). The lowest BCUT2D eigenvalue weighted by Crippen LogP contribution is -2.40. The van der Waals surface area contributed by atoms with E-state index in [1.54, 1.807) is 24.3 Å². The number of hydrogen-bond donors (Lipinski definition) is 3. The summed E-state index contributed by atoms with van der Waals surface area (Å²) in [5.74, 6) is -0.618. The van der Waals surface area contributed by atoms with Crippen LogP contribution in [0.15, 0.2) is 28.7 Å². The molecule has 0 radical (unpaired) electrons. The monoisotopic (exact) mass is 342 g/mol. The van der Waals surface area contributed by atoms with E-state index in [0.29, 0.717) is 12.0 Å². The maximum Gasteiger partial charge on any atom is 0.251 e. The van der Waals surface area contributed by atoms with Gasteiger partial charge in [0.15, 0.2) is 0 Å². The van der Waals surface area contributed by atoms with E-state index in [-0.39, 0.29) is 24.9 Å². The zero-order valence-corrected chi connectivity index (χ0v) is 12.9. The molecule has 6 heteroatoms. The lowest BCUT2D eigenvalue weighted by Gasteiger charge is -2.11. The van der Waals surface area contributed by atoms with Gasteiger partial charge in [0, 0.05) is 16.6 Å². The Morgan fingerprint density at radius 1 is 1.25 bits per heavy atom. The SMILES string of the molecule is CCCC(O)CNC(=O)CNC(=O)c1ccc(Br)cc1. The maximum atomic E-state index is 11.7. The Labute approximate surface area is 126 Å². The van der Waals surface area contributed by atoms with Crippen molar-refractivity contribution >= 4 is 27.7 Å². The minimum atomic E-state index is -0.536. The molecule has 1 atom stereocenters. The summed E-state index contributed by atoms with van der Waals surface area (Å²) in [5.41, 5.74) is 0.493. The Morgan fingerprint density at radius 3 is 2.50 bits per heavy atom. The predicted octanol–water partition coefficient (Wildman–Crippen LogP) is 1.46. The van der Waals surface area contributed by atoms with E-state index < -0.39 is 6.10 Å². The van der Waals surface area contributed by atoms with Gasteiger partial charge in [-0.15, -0.1) is 0 Å². The fourth-order valence-electron chi connectivity index (χ4n) is 1.59. The van der Waals surface area contributed by atoms with E-state index in [1.165, 1.54) is 0 Å². The first kappa shape index (κ1) is 16.7. The summed E-state index contributed by atoms with van der Waals surface area (Å²) in [6, 6.07) is 6.86. The zero-order valence-electron chi connectivity index (χ0n) is 11.4. The summed E-state index contributed by atoms with van der Waals surface area (Å²) in [6.07, 6.45) is 0.967. The van der Waals surface area contributed by atoms with Crippen LogP contribution in [0.3, 0.4) is 0 Å². The third-order valence-electron chi connectivity index (χ3n) is 2.67. The van der Waals surface area contributed by atoms with Gasteiger partial charge in [-0.2, -0.15) is 0 Å². The van der Waals surface area contributed by atoms with Gasteiger partial charge < -0.3 is 15.7 Å². The number of benzene rings is 1. The van der Waals surface area contributed by atoms with Crippen LogP contribution in [0, 0.1) is 0 Å². The fourth-order valence-corrected chi connectivity index (χ4v) is 1.86. The van der Waals surface area contributed by atoms with Crippen LogP contribution in [0.5, 0.6) is 0 Å². The summed E-state index contributed by atoms with van der Waals surface area (Å²) in [7, 11) is 0. The third kappa shape index (κ3) is 6.16. The molecule has 0 aromatic heterocycles. The van der Waals surface area contributed by atoms with Crippen LogP contribution in [0.1, 0.15) is 30.1 Å². The van der Waals surface area contributed by atoms with Crippen LogP contribution in [0.4, 0.5) is 0 Å². The number of amides is 2. The highest BCUT2D eigenvalue weighted by molar-refractivity contribution is 9.10. The van der Waals surface area contributed by atoms with Crippen LogP contribution < -0.4 is 10.6 Å². The highest BCUT2D eigenvalue weighted by Crippen LogP contribution is 2.10. The molecule has 5 nitrogen and oxygen atoms in total. The smallest absolute Gasteiger partial charge is 0.251 e. The number of carbonyl (C=O) groups excluding carboxylic acids is 2.